The van der Waals surface area contributed by atoms with Crippen molar-refractivity contribution in [3.63, 3.8) is 0 Å². The summed E-state index contributed by atoms with van der Waals surface area (Å²) in [5, 5.41) is 3.43. The van der Waals surface area contributed by atoms with Gasteiger partial charge < -0.3 is 5.32 Å². The summed E-state index contributed by atoms with van der Waals surface area (Å²) in [4.78, 5) is 5.45. The second-order valence-corrected chi connectivity index (χ2v) is 5.32. The van der Waals surface area contributed by atoms with E-state index in [9.17, 15) is 0 Å². The van der Waals surface area contributed by atoms with E-state index in [1.165, 1.54) is 65.0 Å². The van der Waals surface area contributed by atoms with E-state index in [4.69, 9.17) is 0 Å². The molecule has 0 saturated carbocycles. The third-order valence-corrected chi connectivity index (χ3v) is 4.40. The van der Waals surface area contributed by atoms with Gasteiger partial charge in [-0.2, -0.15) is 0 Å². The first-order valence-electron chi connectivity index (χ1n) is 6.62. The fraction of sp³-hybridized carbons (Fsp3) is 1.00. The Balaban J connectivity index is 1.54. The highest BCUT2D eigenvalue weighted by atomic mass is 15.3. The molecule has 0 amide bonds. The summed E-state index contributed by atoms with van der Waals surface area (Å²) in [6.07, 6.45) is 5.84. The first kappa shape index (κ1) is 10.1. The molecule has 3 nitrogen and oxygen atoms in total. The highest BCUT2D eigenvalue weighted by Gasteiger charge is 2.36. The first-order valence-corrected chi connectivity index (χ1v) is 6.62. The largest absolute Gasteiger partial charge is 0.314 e. The van der Waals surface area contributed by atoms with Gasteiger partial charge in [-0.25, -0.2) is 0 Å². The molecule has 3 aliphatic rings. The van der Waals surface area contributed by atoms with Crippen molar-refractivity contribution in [1.29, 1.82) is 0 Å². The predicted octanol–water partition coefficient (Wildman–Crippen LogP) is 0.518. The van der Waals surface area contributed by atoms with Crippen molar-refractivity contribution < 1.29 is 0 Å². The van der Waals surface area contributed by atoms with Gasteiger partial charge in [-0.05, 0) is 32.2 Å². The third kappa shape index (κ3) is 2.05. The van der Waals surface area contributed by atoms with Crippen LogP contribution in [0, 0.1) is 0 Å². The van der Waals surface area contributed by atoms with Gasteiger partial charge in [0.2, 0.25) is 0 Å². The molecule has 1 N–H and O–H groups in total. The molecule has 0 radical (unpaired) electrons. The van der Waals surface area contributed by atoms with E-state index in [1.54, 1.807) is 0 Å². The maximum absolute atomic E-state index is 3.43. The second-order valence-electron chi connectivity index (χ2n) is 5.32. The van der Waals surface area contributed by atoms with Crippen molar-refractivity contribution in [2.75, 3.05) is 39.3 Å². The van der Waals surface area contributed by atoms with Gasteiger partial charge >= 0.3 is 0 Å². The minimum Gasteiger partial charge on any atom is -0.314 e. The maximum atomic E-state index is 3.43. The van der Waals surface area contributed by atoms with E-state index in [1.807, 2.05) is 0 Å². The van der Waals surface area contributed by atoms with Crippen LogP contribution in [0.5, 0.6) is 0 Å². The van der Waals surface area contributed by atoms with Crippen LogP contribution in [-0.2, 0) is 0 Å². The molecule has 0 aromatic rings. The summed E-state index contributed by atoms with van der Waals surface area (Å²) >= 11 is 0. The first-order chi connectivity index (χ1) is 7.43. The zero-order valence-corrected chi connectivity index (χ0v) is 9.62. The van der Waals surface area contributed by atoms with Crippen molar-refractivity contribution in [3.8, 4) is 0 Å². The van der Waals surface area contributed by atoms with Crippen LogP contribution in [0.4, 0.5) is 0 Å². The summed E-state index contributed by atoms with van der Waals surface area (Å²) in [5.41, 5.74) is 0. The molecule has 0 aromatic heterocycles. The van der Waals surface area contributed by atoms with Crippen LogP contribution in [-0.4, -0.2) is 61.2 Å². The van der Waals surface area contributed by atoms with Gasteiger partial charge in [-0.3, -0.25) is 9.80 Å². The van der Waals surface area contributed by atoms with Crippen molar-refractivity contribution in [2.24, 2.45) is 0 Å². The molecule has 3 heteroatoms. The quantitative estimate of drug-likeness (QED) is 0.715. The van der Waals surface area contributed by atoms with Gasteiger partial charge in [0, 0.05) is 44.8 Å². The average molecular weight is 209 g/mol. The Kier molecular flexibility index (Phi) is 2.95. The SMILES string of the molecule is C1CC2CCC(CN3CCNCC3)N2C1. The van der Waals surface area contributed by atoms with Gasteiger partial charge in [0.25, 0.3) is 0 Å². The lowest BCUT2D eigenvalue weighted by Gasteiger charge is -2.33. The number of hydrogen-bond acceptors (Lipinski definition) is 3. The lowest BCUT2D eigenvalue weighted by molar-refractivity contribution is 0.157. The van der Waals surface area contributed by atoms with Crippen molar-refractivity contribution in [2.45, 2.75) is 37.8 Å². The van der Waals surface area contributed by atoms with Crippen LogP contribution >= 0.6 is 0 Å². The fourth-order valence-corrected chi connectivity index (χ4v) is 3.59. The summed E-state index contributed by atoms with van der Waals surface area (Å²) < 4.78 is 0. The minimum atomic E-state index is 0.885. The van der Waals surface area contributed by atoms with Crippen LogP contribution in [0.15, 0.2) is 0 Å². The molecule has 0 aliphatic carbocycles. The van der Waals surface area contributed by atoms with E-state index in [2.05, 4.69) is 15.1 Å². The highest BCUT2D eigenvalue weighted by Crippen LogP contribution is 2.32. The number of piperazine rings is 1. The zero-order chi connectivity index (χ0) is 10.1. The van der Waals surface area contributed by atoms with E-state index in [0.29, 0.717) is 0 Å². The molecule has 3 heterocycles. The molecule has 3 rings (SSSR count). The smallest absolute Gasteiger partial charge is 0.0226 e. The van der Waals surface area contributed by atoms with E-state index < -0.39 is 0 Å². The van der Waals surface area contributed by atoms with Crippen LogP contribution in [0.1, 0.15) is 25.7 Å². The van der Waals surface area contributed by atoms with E-state index in [0.717, 1.165) is 12.1 Å². The normalized spacial score (nSPS) is 38.4. The molecule has 3 fully saturated rings. The Morgan fingerprint density at radius 3 is 2.73 bits per heavy atom. The molecule has 3 aliphatic heterocycles. The van der Waals surface area contributed by atoms with Gasteiger partial charge in [-0.1, -0.05) is 0 Å². The van der Waals surface area contributed by atoms with Crippen LogP contribution in [0.2, 0.25) is 0 Å². The molecule has 0 aromatic carbocycles. The van der Waals surface area contributed by atoms with Crippen molar-refractivity contribution in [1.82, 2.24) is 15.1 Å². The lowest BCUT2D eigenvalue weighted by atomic mass is 10.1. The van der Waals surface area contributed by atoms with Gasteiger partial charge in [0.15, 0.2) is 0 Å². The van der Waals surface area contributed by atoms with Gasteiger partial charge in [-0.15, -0.1) is 0 Å². The third-order valence-electron chi connectivity index (χ3n) is 4.40. The van der Waals surface area contributed by atoms with E-state index in [-0.39, 0.29) is 0 Å². The molecular formula is C12H23N3. The summed E-state index contributed by atoms with van der Waals surface area (Å²) in [6.45, 7) is 7.61. The summed E-state index contributed by atoms with van der Waals surface area (Å²) in [6, 6.07) is 1.84. The standard InChI is InChI=1S/C12H23N3/c1-2-11-3-4-12(15(11)7-1)10-14-8-5-13-6-9-14/h11-13H,1-10H2. The molecule has 3 saturated heterocycles. The van der Waals surface area contributed by atoms with Crippen LogP contribution in [0.3, 0.4) is 0 Å². The molecule has 86 valence electrons. The highest BCUT2D eigenvalue weighted by molar-refractivity contribution is 4.93. The Bertz CT molecular complexity index is 213. The molecular weight excluding hydrogens is 186 g/mol. The van der Waals surface area contributed by atoms with Gasteiger partial charge in [0.05, 0.1) is 0 Å². The lowest BCUT2D eigenvalue weighted by Crippen LogP contribution is -2.48. The van der Waals surface area contributed by atoms with Crippen LogP contribution in [0.25, 0.3) is 0 Å². The topological polar surface area (TPSA) is 18.5 Å². The fourth-order valence-electron chi connectivity index (χ4n) is 3.59. The Morgan fingerprint density at radius 2 is 1.87 bits per heavy atom. The van der Waals surface area contributed by atoms with Gasteiger partial charge in [0.1, 0.15) is 0 Å². The Labute approximate surface area is 92.8 Å². The van der Waals surface area contributed by atoms with Crippen LogP contribution < -0.4 is 5.32 Å². The predicted molar refractivity (Wildman–Crippen MR) is 62.1 cm³/mol. The number of nitrogens with zero attached hydrogens (tertiary/aromatic N) is 2. The maximum Gasteiger partial charge on any atom is 0.0226 e. The molecule has 15 heavy (non-hydrogen) atoms. The van der Waals surface area contributed by atoms with Crippen molar-refractivity contribution >= 4 is 0 Å². The van der Waals surface area contributed by atoms with Crippen molar-refractivity contribution in [3.05, 3.63) is 0 Å². The summed E-state index contributed by atoms with van der Waals surface area (Å²) in [7, 11) is 0. The average Bonchev–Trinajstić information content (AvgIpc) is 2.85. The van der Waals surface area contributed by atoms with E-state index >= 15 is 0 Å². The summed E-state index contributed by atoms with van der Waals surface area (Å²) in [5.74, 6) is 0. The number of hydrogen-bond donors (Lipinski definition) is 1. The second kappa shape index (κ2) is 4.40. The number of rotatable bonds is 2. The minimum absolute atomic E-state index is 0.885. The molecule has 2 atom stereocenters. The number of nitrogens with one attached hydrogen (secondary N) is 1. The Hall–Kier alpha value is -0.120. The number of fused-ring (bicyclic) bond motifs is 1. The zero-order valence-electron chi connectivity index (χ0n) is 9.62. The monoisotopic (exact) mass is 209 g/mol. The Morgan fingerprint density at radius 1 is 1.00 bits per heavy atom. The molecule has 0 spiro atoms. The molecule has 0 bridgehead atoms. The molecule has 2 unspecified atom stereocenters.